The summed E-state index contributed by atoms with van der Waals surface area (Å²) in [6, 6.07) is 7.65. The van der Waals surface area contributed by atoms with Crippen LogP contribution >= 0.6 is 0 Å². The minimum atomic E-state index is 0.748. The fourth-order valence-corrected chi connectivity index (χ4v) is 1.28. The van der Waals surface area contributed by atoms with Crippen LogP contribution in [0.15, 0.2) is 35.1 Å². The zero-order chi connectivity index (χ0) is 9.26. The van der Waals surface area contributed by atoms with Crippen LogP contribution < -0.4 is 5.73 Å². The van der Waals surface area contributed by atoms with Gasteiger partial charge in [0.2, 0.25) is 0 Å². The molecule has 2 aromatic rings. The fourth-order valence-electron chi connectivity index (χ4n) is 1.28. The van der Waals surface area contributed by atoms with Crippen LogP contribution in [0, 0.1) is 6.92 Å². The molecule has 2 N–H and O–H groups in total. The summed E-state index contributed by atoms with van der Waals surface area (Å²) in [5.41, 5.74) is 9.33. The third-order valence-corrected chi connectivity index (χ3v) is 1.95. The maximum Gasteiger partial charge on any atom is 0.131 e. The third kappa shape index (κ3) is 1.40. The first-order chi connectivity index (χ1) is 6.27. The lowest BCUT2D eigenvalue weighted by molar-refractivity contribution is 0.415. The zero-order valence-electron chi connectivity index (χ0n) is 7.32. The normalized spacial score (nSPS) is 10.2. The van der Waals surface area contributed by atoms with Crippen LogP contribution in [0.3, 0.4) is 0 Å². The summed E-state index contributed by atoms with van der Waals surface area (Å²) in [5.74, 6) is 0. The SMILES string of the molecule is Cc1nocc1-c1cccc(N)c1. The van der Waals surface area contributed by atoms with E-state index >= 15 is 0 Å². The van der Waals surface area contributed by atoms with Gasteiger partial charge < -0.3 is 10.3 Å². The molecule has 0 aliphatic heterocycles. The number of anilines is 1. The van der Waals surface area contributed by atoms with Gasteiger partial charge in [-0.2, -0.15) is 0 Å². The van der Waals surface area contributed by atoms with Crippen LogP contribution in [0.25, 0.3) is 11.1 Å². The monoisotopic (exact) mass is 174 g/mol. The molecular weight excluding hydrogens is 164 g/mol. The van der Waals surface area contributed by atoms with E-state index in [2.05, 4.69) is 5.16 Å². The van der Waals surface area contributed by atoms with Gasteiger partial charge >= 0.3 is 0 Å². The number of hydrogen-bond acceptors (Lipinski definition) is 3. The summed E-state index contributed by atoms with van der Waals surface area (Å²) in [4.78, 5) is 0. The molecule has 0 saturated heterocycles. The second kappa shape index (κ2) is 2.94. The minimum Gasteiger partial charge on any atom is -0.399 e. The lowest BCUT2D eigenvalue weighted by Gasteiger charge is -1.98. The van der Waals surface area contributed by atoms with E-state index in [0.717, 1.165) is 22.5 Å². The van der Waals surface area contributed by atoms with E-state index in [-0.39, 0.29) is 0 Å². The minimum absolute atomic E-state index is 0.748. The molecule has 3 heteroatoms. The predicted molar refractivity (Wildman–Crippen MR) is 51.1 cm³/mol. The molecule has 0 saturated carbocycles. The smallest absolute Gasteiger partial charge is 0.131 e. The molecule has 0 aliphatic carbocycles. The van der Waals surface area contributed by atoms with Crippen molar-refractivity contribution in [2.75, 3.05) is 5.73 Å². The molecule has 1 heterocycles. The summed E-state index contributed by atoms with van der Waals surface area (Å²) in [6.07, 6.45) is 1.63. The Labute approximate surface area is 76.2 Å². The van der Waals surface area contributed by atoms with Crippen molar-refractivity contribution in [2.45, 2.75) is 6.92 Å². The van der Waals surface area contributed by atoms with E-state index in [1.54, 1.807) is 6.26 Å². The highest BCUT2D eigenvalue weighted by molar-refractivity contribution is 5.67. The average molecular weight is 174 g/mol. The second-order valence-corrected chi connectivity index (χ2v) is 2.94. The quantitative estimate of drug-likeness (QED) is 0.674. The maximum atomic E-state index is 5.66. The van der Waals surface area contributed by atoms with E-state index in [9.17, 15) is 0 Å². The van der Waals surface area contributed by atoms with Crippen LogP contribution in [0.4, 0.5) is 5.69 Å². The summed E-state index contributed by atoms with van der Waals surface area (Å²) in [5, 5.41) is 3.81. The number of benzene rings is 1. The number of nitrogens with two attached hydrogens (primary N) is 1. The van der Waals surface area contributed by atoms with Crippen molar-refractivity contribution in [2.24, 2.45) is 0 Å². The Kier molecular flexibility index (Phi) is 1.77. The Balaban J connectivity index is 2.53. The molecule has 0 bridgehead atoms. The predicted octanol–water partition coefficient (Wildman–Crippen LogP) is 2.23. The molecule has 1 aromatic carbocycles. The number of hydrogen-bond donors (Lipinski definition) is 1. The molecule has 2 rings (SSSR count). The summed E-state index contributed by atoms with van der Waals surface area (Å²) in [6.45, 7) is 1.90. The van der Waals surface area contributed by atoms with E-state index < -0.39 is 0 Å². The Morgan fingerprint density at radius 3 is 2.85 bits per heavy atom. The summed E-state index contributed by atoms with van der Waals surface area (Å²) < 4.78 is 4.85. The van der Waals surface area contributed by atoms with Crippen molar-refractivity contribution in [3.8, 4) is 11.1 Å². The molecule has 0 fully saturated rings. The topological polar surface area (TPSA) is 52.0 Å². The van der Waals surface area contributed by atoms with Crippen molar-refractivity contribution in [3.05, 3.63) is 36.2 Å². The van der Waals surface area contributed by atoms with Crippen LogP contribution in [-0.4, -0.2) is 5.16 Å². The Morgan fingerprint density at radius 2 is 2.23 bits per heavy atom. The summed E-state index contributed by atoms with van der Waals surface area (Å²) in [7, 11) is 0. The number of aromatic nitrogens is 1. The van der Waals surface area contributed by atoms with Gasteiger partial charge in [-0.05, 0) is 24.6 Å². The molecule has 1 aromatic heterocycles. The van der Waals surface area contributed by atoms with Crippen molar-refractivity contribution in [1.29, 1.82) is 0 Å². The van der Waals surface area contributed by atoms with Gasteiger partial charge in [-0.3, -0.25) is 0 Å². The maximum absolute atomic E-state index is 5.66. The van der Waals surface area contributed by atoms with Gasteiger partial charge in [0, 0.05) is 11.3 Å². The highest BCUT2D eigenvalue weighted by atomic mass is 16.5. The molecular formula is C10H10N2O. The zero-order valence-corrected chi connectivity index (χ0v) is 7.32. The highest BCUT2D eigenvalue weighted by Crippen LogP contribution is 2.23. The van der Waals surface area contributed by atoms with E-state index in [0.29, 0.717) is 0 Å². The van der Waals surface area contributed by atoms with Crippen LogP contribution in [0.2, 0.25) is 0 Å². The van der Waals surface area contributed by atoms with Gasteiger partial charge in [0.1, 0.15) is 6.26 Å². The average Bonchev–Trinajstić information content (AvgIpc) is 2.51. The molecule has 0 unspecified atom stereocenters. The molecule has 0 spiro atoms. The number of aryl methyl sites for hydroxylation is 1. The first-order valence-corrected chi connectivity index (χ1v) is 4.04. The van der Waals surface area contributed by atoms with Crippen LogP contribution in [0.5, 0.6) is 0 Å². The van der Waals surface area contributed by atoms with Crippen LogP contribution in [-0.2, 0) is 0 Å². The van der Waals surface area contributed by atoms with E-state index in [4.69, 9.17) is 10.3 Å². The first-order valence-electron chi connectivity index (χ1n) is 4.04. The summed E-state index contributed by atoms with van der Waals surface area (Å²) >= 11 is 0. The van der Waals surface area contributed by atoms with Gasteiger partial charge in [0.15, 0.2) is 0 Å². The molecule has 0 aliphatic rings. The molecule has 66 valence electrons. The fraction of sp³-hybridized carbons (Fsp3) is 0.100. The molecule has 0 atom stereocenters. The first kappa shape index (κ1) is 7.86. The number of nitrogens with zero attached hydrogens (tertiary/aromatic N) is 1. The molecule has 0 radical (unpaired) electrons. The third-order valence-electron chi connectivity index (χ3n) is 1.95. The number of rotatable bonds is 1. The number of nitrogen functional groups attached to an aromatic ring is 1. The van der Waals surface area contributed by atoms with Gasteiger partial charge in [-0.25, -0.2) is 0 Å². The lowest BCUT2D eigenvalue weighted by Crippen LogP contribution is -1.85. The highest BCUT2D eigenvalue weighted by Gasteiger charge is 2.04. The van der Waals surface area contributed by atoms with Gasteiger partial charge in [-0.1, -0.05) is 17.3 Å². The van der Waals surface area contributed by atoms with Crippen LogP contribution in [0.1, 0.15) is 5.69 Å². The van der Waals surface area contributed by atoms with Crippen molar-refractivity contribution < 1.29 is 4.52 Å². The lowest BCUT2D eigenvalue weighted by atomic mass is 10.1. The van der Waals surface area contributed by atoms with Gasteiger partial charge in [0.25, 0.3) is 0 Å². The molecule has 13 heavy (non-hydrogen) atoms. The van der Waals surface area contributed by atoms with E-state index in [1.165, 1.54) is 0 Å². The molecule has 3 nitrogen and oxygen atoms in total. The van der Waals surface area contributed by atoms with E-state index in [1.807, 2.05) is 31.2 Å². The second-order valence-electron chi connectivity index (χ2n) is 2.94. The standard InChI is InChI=1S/C10H10N2O/c1-7-10(6-13-12-7)8-3-2-4-9(11)5-8/h2-6H,11H2,1H3. The van der Waals surface area contributed by atoms with Crippen molar-refractivity contribution in [3.63, 3.8) is 0 Å². The van der Waals surface area contributed by atoms with Crippen molar-refractivity contribution in [1.82, 2.24) is 5.16 Å². The Hall–Kier alpha value is -1.77. The van der Waals surface area contributed by atoms with Gasteiger partial charge in [-0.15, -0.1) is 0 Å². The molecule has 0 amide bonds. The Morgan fingerprint density at radius 1 is 1.38 bits per heavy atom. The van der Waals surface area contributed by atoms with Gasteiger partial charge in [0.05, 0.1) is 5.69 Å². The largest absolute Gasteiger partial charge is 0.399 e. The Bertz CT molecular complexity index is 420. The van der Waals surface area contributed by atoms with Crippen molar-refractivity contribution >= 4 is 5.69 Å².